The second kappa shape index (κ2) is 11.9. The summed E-state index contributed by atoms with van der Waals surface area (Å²) in [5.74, 6) is 0.658. The van der Waals surface area contributed by atoms with Crippen LogP contribution in [-0.4, -0.2) is 58.2 Å². The van der Waals surface area contributed by atoms with Gasteiger partial charge in [0.15, 0.2) is 11.4 Å². The Labute approximate surface area is 236 Å². The third-order valence-corrected chi connectivity index (χ3v) is 7.01. The number of carbonyl (C=O) groups is 1. The van der Waals surface area contributed by atoms with Crippen molar-refractivity contribution >= 4 is 40.5 Å². The predicted molar refractivity (Wildman–Crippen MR) is 154 cm³/mol. The fourth-order valence-corrected chi connectivity index (χ4v) is 4.69. The maximum absolute atomic E-state index is 13.7. The van der Waals surface area contributed by atoms with Gasteiger partial charge in [-0.1, -0.05) is 42.3 Å². The number of amides is 1. The molecule has 1 fully saturated rings. The largest absolute Gasteiger partial charge is 0.453 e. The molecule has 0 saturated carbocycles. The second-order valence-corrected chi connectivity index (χ2v) is 9.94. The molecule has 10 heteroatoms. The van der Waals surface area contributed by atoms with Gasteiger partial charge in [-0.3, -0.25) is 9.59 Å². The van der Waals surface area contributed by atoms with Gasteiger partial charge >= 0.3 is 0 Å². The van der Waals surface area contributed by atoms with Crippen LogP contribution in [0.25, 0.3) is 5.69 Å². The van der Waals surface area contributed by atoms with Crippen molar-refractivity contribution in [2.24, 2.45) is 0 Å². The van der Waals surface area contributed by atoms with Crippen molar-refractivity contribution in [2.45, 2.75) is 6.92 Å². The van der Waals surface area contributed by atoms with Gasteiger partial charge in [0.2, 0.25) is 0 Å². The summed E-state index contributed by atoms with van der Waals surface area (Å²) in [5, 5.41) is 8.53. The monoisotopic (exact) mass is 563 g/mol. The average Bonchev–Trinajstić information content (AvgIpc) is 2.96. The SMILES string of the molecule is CCN1CCN(C(=O)c2cccc(Nc3c(Oc4ccc(Cl)cc4)cnn(-c4cccc(Cl)c4)c3=O)c2)CC1. The van der Waals surface area contributed by atoms with Crippen LogP contribution >= 0.6 is 23.2 Å². The van der Waals surface area contributed by atoms with Gasteiger partial charge in [-0.05, 0) is 67.2 Å². The van der Waals surface area contributed by atoms with Crippen molar-refractivity contribution in [1.29, 1.82) is 0 Å². The van der Waals surface area contributed by atoms with Crippen LogP contribution in [0.5, 0.6) is 11.5 Å². The number of piperazine rings is 1. The van der Waals surface area contributed by atoms with E-state index in [2.05, 4.69) is 22.2 Å². The van der Waals surface area contributed by atoms with Gasteiger partial charge in [0.25, 0.3) is 11.5 Å². The van der Waals surface area contributed by atoms with E-state index in [4.69, 9.17) is 27.9 Å². The molecule has 0 aliphatic carbocycles. The topological polar surface area (TPSA) is 79.7 Å². The molecule has 1 saturated heterocycles. The van der Waals surface area contributed by atoms with E-state index in [9.17, 15) is 9.59 Å². The number of halogens is 2. The summed E-state index contributed by atoms with van der Waals surface area (Å²) in [6, 6.07) is 20.7. The lowest BCUT2D eigenvalue weighted by Crippen LogP contribution is -2.48. The molecular weight excluding hydrogens is 537 g/mol. The van der Waals surface area contributed by atoms with E-state index in [0.29, 0.717) is 45.8 Å². The number of ether oxygens (including phenoxy) is 1. The zero-order valence-electron chi connectivity index (χ0n) is 21.3. The Morgan fingerprint density at radius 3 is 2.41 bits per heavy atom. The molecule has 0 radical (unpaired) electrons. The number of carbonyl (C=O) groups excluding carboxylic acids is 1. The van der Waals surface area contributed by atoms with Crippen LogP contribution in [0.15, 0.2) is 83.8 Å². The van der Waals surface area contributed by atoms with Crippen LogP contribution in [0.1, 0.15) is 17.3 Å². The first kappa shape index (κ1) is 26.7. The number of hydrogen-bond donors (Lipinski definition) is 1. The van der Waals surface area contributed by atoms with Gasteiger partial charge in [-0.15, -0.1) is 0 Å². The highest BCUT2D eigenvalue weighted by atomic mass is 35.5. The van der Waals surface area contributed by atoms with Crippen molar-refractivity contribution in [3.63, 3.8) is 0 Å². The summed E-state index contributed by atoms with van der Waals surface area (Å²) in [6.45, 7) is 6.16. The van der Waals surface area contributed by atoms with Crippen molar-refractivity contribution in [3.8, 4) is 17.2 Å². The first-order chi connectivity index (χ1) is 18.9. The normalized spacial score (nSPS) is 13.8. The molecule has 1 aliphatic heterocycles. The Bertz CT molecular complexity index is 1530. The van der Waals surface area contributed by atoms with E-state index in [0.717, 1.165) is 19.6 Å². The number of aromatic nitrogens is 2. The lowest BCUT2D eigenvalue weighted by molar-refractivity contribution is 0.0643. The van der Waals surface area contributed by atoms with Gasteiger partial charge in [0.1, 0.15) is 5.75 Å². The minimum atomic E-state index is -0.448. The summed E-state index contributed by atoms with van der Waals surface area (Å²) in [7, 11) is 0. The Balaban J connectivity index is 1.48. The molecule has 1 N–H and O–H groups in total. The summed E-state index contributed by atoms with van der Waals surface area (Å²) in [4.78, 5) is 31.1. The lowest BCUT2D eigenvalue weighted by Gasteiger charge is -2.34. The molecule has 8 nitrogen and oxygen atoms in total. The minimum Gasteiger partial charge on any atom is -0.453 e. The fraction of sp³-hybridized carbons (Fsp3) is 0.207. The first-order valence-corrected chi connectivity index (χ1v) is 13.4. The zero-order chi connectivity index (χ0) is 27.4. The molecule has 4 aromatic rings. The molecule has 0 atom stereocenters. The highest BCUT2D eigenvalue weighted by molar-refractivity contribution is 6.31. The van der Waals surface area contributed by atoms with Crippen LogP contribution in [0.4, 0.5) is 11.4 Å². The molecule has 0 unspecified atom stereocenters. The Morgan fingerprint density at radius 2 is 1.69 bits per heavy atom. The van der Waals surface area contributed by atoms with Gasteiger partial charge in [-0.25, -0.2) is 0 Å². The van der Waals surface area contributed by atoms with Crippen LogP contribution in [0, 0.1) is 0 Å². The van der Waals surface area contributed by atoms with Crippen molar-refractivity contribution in [3.05, 3.63) is 105 Å². The lowest BCUT2D eigenvalue weighted by atomic mass is 10.1. The number of hydrogen-bond acceptors (Lipinski definition) is 6. The first-order valence-electron chi connectivity index (χ1n) is 12.6. The van der Waals surface area contributed by atoms with E-state index in [1.54, 1.807) is 72.8 Å². The second-order valence-electron chi connectivity index (χ2n) is 9.07. The van der Waals surface area contributed by atoms with E-state index >= 15 is 0 Å². The van der Waals surface area contributed by atoms with E-state index in [1.807, 2.05) is 4.90 Å². The standard InChI is InChI=1S/C29H27Cl2N5O3/c1-2-34-13-15-35(16-14-34)28(37)20-5-3-7-23(17-20)33-27-26(39-25-11-9-21(30)10-12-25)19-32-36(29(27)38)24-8-4-6-22(31)18-24/h3-12,17-19,33H,2,13-16H2,1H3. The Hall–Kier alpha value is -3.85. The maximum Gasteiger partial charge on any atom is 0.299 e. The molecule has 0 bridgehead atoms. The van der Waals surface area contributed by atoms with Gasteiger partial charge in [0, 0.05) is 47.5 Å². The van der Waals surface area contributed by atoms with E-state index in [-0.39, 0.29) is 17.3 Å². The minimum absolute atomic E-state index is 0.0434. The molecule has 1 aliphatic rings. The zero-order valence-corrected chi connectivity index (χ0v) is 22.8. The maximum atomic E-state index is 13.7. The smallest absolute Gasteiger partial charge is 0.299 e. The summed E-state index contributed by atoms with van der Waals surface area (Å²) in [5.41, 5.74) is 1.31. The highest BCUT2D eigenvalue weighted by Gasteiger charge is 2.22. The molecule has 0 spiro atoms. The van der Waals surface area contributed by atoms with Crippen molar-refractivity contribution < 1.29 is 9.53 Å². The number of likely N-dealkylation sites (N-methyl/N-ethyl adjacent to an activating group) is 1. The third kappa shape index (κ3) is 6.25. The number of nitrogens with zero attached hydrogens (tertiary/aromatic N) is 4. The quantitative estimate of drug-likeness (QED) is 0.303. The summed E-state index contributed by atoms with van der Waals surface area (Å²) >= 11 is 12.2. The molecule has 200 valence electrons. The van der Waals surface area contributed by atoms with Crippen LogP contribution < -0.4 is 15.6 Å². The average molecular weight is 564 g/mol. The number of nitrogens with one attached hydrogen (secondary N) is 1. The molecule has 3 aromatic carbocycles. The van der Waals surface area contributed by atoms with Crippen LogP contribution in [0.3, 0.4) is 0 Å². The number of rotatable bonds is 7. The van der Waals surface area contributed by atoms with Crippen LogP contribution in [0.2, 0.25) is 10.0 Å². The molecular formula is C29H27Cl2N5O3. The molecule has 5 rings (SSSR count). The van der Waals surface area contributed by atoms with E-state index < -0.39 is 5.56 Å². The van der Waals surface area contributed by atoms with Gasteiger partial charge < -0.3 is 19.9 Å². The van der Waals surface area contributed by atoms with Crippen molar-refractivity contribution in [1.82, 2.24) is 19.6 Å². The molecule has 2 heterocycles. The predicted octanol–water partition coefficient (Wildman–Crippen LogP) is 5.85. The van der Waals surface area contributed by atoms with Crippen molar-refractivity contribution in [2.75, 3.05) is 38.0 Å². The highest BCUT2D eigenvalue weighted by Crippen LogP contribution is 2.30. The van der Waals surface area contributed by atoms with Crippen LogP contribution in [-0.2, 0) is 0 Å². The number of anilines is 2. The van der Waals surface area contributed by atoms with Gasteiger partial charge in [0.05, 0.1) is 11.9 Å². The summed E-state index contributed by atoms with van der Waals surface area (Å²) < 4.78 is 7.26. The van der Waals surface area contributed by atoms with E-state index in [1.165, 1.54) is 10.9 Å². The molecule has 1 aromatic heterocycles. The molecule has 39 heavy (non-hydrogen) atoms. The number of benzene rings is 3. The Morgan fingerprint density at radius 1 is 0.949 bits per heavy atom. The Kier molecular flexibility index (Phi) is 8.16. The molecule has 1 amide bonds. The summed E-state index contributed by atoms with van der Waals surface area (Å²) in [6.07, 6.45) is 1.46. The van der Waals surface area contributed by atoms with Gasteiger partial charge in [-0.2, -0.15) is 9.78 Å². The fourth-order valence-electron chi connectivity index (χ4n) is 4.38. The third-order valence-electron chi connectivity index (χ3n) is 6.52.